The molecular formula is C15H20N2O3. The summed E-state index contributed by atoms with van der Waals surface area (Å²) in [5.41, 5.74) is 2.35. The first kappa shape index (κ1) is 14.4. The third-order valence-corrected chi connectivity index (χ3v) is 3.29. The lowest BCUT2D eigenvalue weighted by Crippen LogP contribution is -2.21. The Morgan fingerprint density at radius 1 is 1.20 bits per heavy atom. The van der Waals surface area contributed by atoms with Crippen molar-refractivity contribution in [2.45, 2.75) is 13.5 Å². The number of ether oxygens (including phenoxy) is 2. The highest BCUT2D eigenvalue weighted by atomic mass is 16.5. The van der Waals surface area contributed by atoms with E-state index in [4.69, 9.17) is 9.47 Å². The normalized spacial score (nSPS) is 11.1. The molecule has 0 bridgehead atoms. The number of aryl methyl sites for hydroxylation is 1. The van der Waals surface area contributed by atoms with Crippen molar-refractivity contribution >= 4 is 10.9 Å². The predicted octanol–water partition coefficient (Wildman–Crippen LogP) is 1.92. The fraction of sp³-hybridized carbons (Fsp3) is 0.400. The standard InChI is InChI=1S/C15H20N2O3/c1-9-12(8-17(2)3)15(18)11-6-10(19-4)7-13(20-5)14(11)16-9/h6-7H,8H2,1-5H3,(H,16,18). The third-order valence-electron chi connectivity index (χ3n) is 3.29. The number of hydrogen-bond acceptors (Lipinski definition) is 4. The minimum atomic E-state index is 0.0159. The second-order valence-corrected chi connectivity index (χ2v) is 5.05. The maximum absolute atomic E-state index is 12.7. The van der Waals surface area contributed by atoms with Crippen LogP contribution in [0.5, 0.6) is 11.5 Å². The first-order valence-corrected chi connectivity index (χ1v) is 6.40. The molecule has 0 saturated carbocycles. The van der Waals surface area contributed by atoms with Crippen LogP contribution in [-0.4, -0.2) is 38.2 Å². The van der Waals surface area contributed by atoms with Gasteiger partial charge < -0.3 is 19.4 Å². The third kappa shape index (κ3) is 2.49. The topological polar surface area (TPSA) is 54.6 Å². The van der Waals surface area contributed by atoms with E-state index in [1.807, 2.05) is 25.9 Å². The van der Waals surface area contributed by atoms with E-state index in [2.05, 4.69) is 4.98 Å². The molecule has 0 aliphatic rings. The molecule has 0 radical (unpaired) electrons. The number of nitrogens with one attached hydrogen (secondary N) is 1. The highest BCUT2D eigenvalue weighted by molar-refractivity contribution is 5.86. The van der Waals surface area contributed by atoms with Crippen LogP contribution < -0.4 is 14.9 Å². The second-order valence-electron chi connectivity index (χ2n) is 5.05. The van der Waals surface area contributed by atoms with Crippen molar-refractivity contribution in [3.63, 3.8) is 0 Å². The van der Waals surface area contributed by atoms with Gasteiger partial charge in [-0.2, -0.15) is 0 Å². The molecule has 1 heterocycles. The summed E-state index contributed by atoms with van der Waals surface area (Å²) >= 11 is 0. The lowest BCUT2D eigenvalue weighted by molar-refractivity contribution is 0.396. The average molecular weight is 276 g/mol. The number of methoxy groups -OCH3 is 2. The second kappa shape index (κ2) is 5.54. The Kier molecular flexibility index (Phi) is 3.99. The van der Waals surface area contributed by atoms with Crippen LogP contribution in [0.2, 0.25) is 0 Å². The molecule has 1 N–H and O–H groups in total. The molecule has 108 valence electrons. The first-order chi connectivity index (χ1) is 9.47. The molecule has 5 heteroatoms. The zero-order valence-corrected chi connectivity index (χ0v) is 12.5. The van der Waals surface area contributed by atoms with E-state index in [-0.39, 0.29) is 5.43 Å². The van der Waals surface area contributed by atoms with E-state index in [1.54, 1.807) is 26.4 Å². The summed E-state index contributed by atoms with van der Waals surface area (Å²) in [6.45, 7) is 2.50. The Morgan fingerprint density at radius 3 is 2.45 bits per heavy atom. The Balaban J connectivity index is 2.80. The molecule has 0 amide bonds. The summed E-state index contributed by atoms with van der Waals surface area (Å²) in [5.74, 6) is 1.22. The van der Waals surface area contributed by atoms with Crippen LogP contribution in [0.1, 0.15) is 11.3 Å². The molecule has 20 heavy (non-hydrogen) atoms. The van der Waals surface area contributed by atoms with Crippen LogP contribution in [0.15, 0.2) is 16.9 Å². The van der Waals surface area contributed by atoms with Crippen LogP contribution in [0, 0.1) is 6.92 Å². The van der Waals surface area contributed by atoms with E-state index in [9.17, 15) is 4.79 Å². The van der Waals surface area contributed by atoms with Gasteiger partial charge in [-0.15, -0.1) is 0 Å². The number of aromatic nitrogens is 1. The molecule has 1 aromatic carbocycles. The predicted molar refractivity (Wildman–Crippen MR) is 79.8 cm³/mol. The van der Waals surface area contributed by atoms with Crippen LogP contribution in [-0.2, 0) is 6.54 Å². The van der Waals surface area contributed by atoms with Crippen molar-refractivity contribution in [2.24, 2.45) is 0 Å². The van der Waals surface area contributed by atoms with Crippen molar-refractivity contribution in [1.29, 1.82) is 0 Å². The number of fused-ring (bicyclic) bond motifs is 1. The molecule has 1 aromatic heterocycles. The Labute approximate surface area is 118 Å². The van der Waals surface area contributed by atoms with Crippen molar-refractivity contribution in [3.05, 3.63) is 33.6 Å². The highest BCUT2D eigenvalue weighted by Crippen LogP contribution is 2.28. The summed E-state index contributed by atoms with van der Waals surface area (Å²) in [6.07, 6.45) is 0. The molecule has 0 aliphatic carbocycles. The van der Waals surface area contributed by atoms with E-state index in [1.165, 1.54) is 0 Å². The number of rotatable bonds is 4. The zero-order chi connectivity index (χ0) is 14.9. The van der Waals surface area contributed by atoms with Crippen molar-refractivity contribution in [2.75, 3.05) is 28.3 Å². The molecule has 5 nitrogen and oxygen atoms in total. The first-order valence-electron chi connectivity index (χ1n) is 6.40. The molecule has 0 atom stereocenters. The van der Waals surface area contributed by atoms with Gasteiger partial charge in [0.05, 0.1) is 25.1 Å². The van der Waals surface area contributed by atoms with Gasteiger partial charge in [0, 0.05) is 23.9 Å². The minimum absolute atomic E-state index is 0.0159. The van der Waals surface area contributed by atoms with Crippen molar-refractivity contribution < 1.29 is 9.47 Å². The molecule has 2 rings (SSSR count). The maximum Gasteiger partial charge on any atom is 0.194 e. The van der Waals surface area contributed by atoms with Crippen LogP contribution in [0.25, 0.3) is 10.9 Å². The highest BCUT2D eigenvalue weighted by Gasteiger charge is 2.14. The zero-order valence-electron chi connectivity index (χ0n) is 12.5. The molecule has 2 aromatic rings. The number of benzene rings is 1. The van der Waals surface area contributed by atoms with E-state index >= 15 is 0 Å². The maximum atomic E-state index is 12.7. The lowest BCUT2D eigenvalue weighted by Gasteiger charge is -2.14. The molecule has 0 aliphatic heterocycles. The van der Waals surface area contributed by atoms with Gasteiger partial charge in [-0.25, -0.2) is 0 Å². The van der Waals surface area contributed by atoms with Crippen LogP contribution >= 0.6 is 0 Å². The van der Waals surface area contributed by atoms with E-state index in [0.717, 1.165) is 11.3 Å². The average Bonchev–Trinajstić information content (AvgIpc) is 2.42. The van der Waals surface area contributed by atoms with Gasteiger partial charge in [0.2, 0.25) is 0 Å². The van der Waals surface area contributed by atoms with Gasteiger partial charge in [0.15, 0.2) is 5.43 Å². The number of hydrogen-bond donors (Lipinski definition) is 1. The minimum Gasteiger partial charge on any atom is -0.497 e. The van der Waals surface area contributed by atoms with Gasteiger partial charge in [-0.3, -0.25) is 4.79 Å². The fourth-order valence-corrected chi connectivity index (χ4v) is 2.28. The number of pyridine rings is 1. The van der Waals surface area contributed by atoms with E-state index < -0.39 is 0 Å². The van der Waals surface area contributed by atoms with Crippen molar-refractivity contribution in [3.8, 4) is 11.5 Å². The Morgan fingerprint density at radius 2 is 1.90 bits per heavy atom. The monoisotopic (exact) mass is 276 g/mol. The van der Waals surface area contributed by atoms with Gasteiger partial charge in [0.1, 0.15) is 11.5 Å². The molecule has 0 spiro atoms. The number of nitrogens with zero attached hydrogens (tertiary/aromatic N) is 1. The lowest BCUT2D eigenvalue weighted by atomic mass is 10.1. The summed E-state index contributed by atoms with van der Waals surface area (Å²) < 4.78 is 10.6. The molecule has 0 fully saturated rings. The van der Waals surface area contributed by atoms with Gasteiger partial charge in [0.25, 0.3) is 0 Å². The fourth-order valence-electron chi connectivity index (χ4n) is 2.28. The Hall–Kier alpha value is -2.01. The Bertz CT molecular complexity index is 690. The summed E-state index contributed by atoms with van der Waals surface area (Å²) in [7, 11) is 7.03. The largest absolute Gasteiger partial charge is 0.497 e. The van der Waals surface area contributed by atoms with Crippen LogP contribution in [0.4, 0.5) is 0 Å². The molecule has 0 saturated heterocycles. The quantitative estimate of drug-likeness (QED) is 0.927. The summed E-state index contributed by atoms with van der Waals surface area (Å²) in [6, 6.07) is 3.51. The SMILES string of the molecule is COc1cc(OC)c2[nH]c(C)c(CN(C)C)c(=O)c2c1. The van der Waals surface area contributed by atoms with Gasteiger partial charge in [-0.1, -0.05) is 0 Å². The van der Waals surface area contributed by atoms with E-state index in [0.29, 0.717) is 28.9 Å². The smallest absolute Gasteiger partial charge is 0.194 e. The van der Waals surface area contributed by atoms with Crippen LogP contribution in [0.3, 0.4) is 0 Å². The summed E-state index contributed by atoms with van der Waals surface area (Å²) in [4.78, 5) is 17.9. The van der Waals surface area contributed by atoms with Gasteiger partial charge in [-0.05, 0) is 27.1 Å². The van der Waals surface area contributed by atoms with Crippen molar-refractivity contribution in [1.82, 2.24) is 9.88 Å². The molecular weight excluding hydrogens is 256 g/mol. The number of H-pyrrole nitrogens is 1. The molecule has 0 unspecified atom stereocenters. The van der Waals surface area contributed by atoms with Gasteiger partial charge >= 0.3 is 0 Å². The number of aromatic amines is 1. The summed E-state index contributed by atoms with van der Waals surface area (Å²) in [5, 5.41) is 0.587.